The molecule has 5 aliphatic heterocycles. The number of unbranched alkanes of at least 4 members (excludes halogenated alkanes) is 4. The Morgan fingerprint density at radius 2 is 1.38 bits per heavy atom. The Morgan fingerprint density at radius 3 is 2.05 bits per heavy atom. The summed E-state index contributed by atoms with van der Waals surface area (Å²) in [5, 5.41) is 22.7. The number of imide groups is 1. The first-order chi connectivity index (χ1) is 41.7. The van der Waals surface area contributed by atoms with Crippen LogP contribution in [0, 0.1) is 5.92 Å². The zero-order chi connectivity index (χ0) is 62.5. The van der Waals surface area contributed by atoms with Gasteiger partial charge in [0.15, 0.2) is 29.2 Å². The van der Waals surface area contributed by atoms with E-state index in [1.165, 1.54) is 43.4 Å². The molecular formula is C62H76N10O15. The molecule has 0 saturated carbocycles. The lowest BCUT2D eigenvalue weighted by atomic mass is 10.0. The van der Waals surface area contributed by atoms with Crippen LogP contribution in [-0.2, 0) is 35.3 Å². The summed E-state index contributed by atoms with van der Waals surface area (Å²) in [4.78, 5) is 128. The quantitative estimate of drug-likeness (QED) is 0.0294. The molecule has 3 aromatic rings. The van der Waals surface area contributed by atoms with Gasteiger partial charge in [0, 0.05) is 68.8 Å². The van der Waals surface area contributed by atoms with E-state index in [1.807, 2.05) is 0 Å². The highest BCUT2D eigenvalue weighted by Crippen LogP contribution is 2.43. The molecule has 8 rings (SSSR count). The van der Waals surface area contributed by atoms with Gasteiger partial charge in [-0.3, -0.25) is 43.5 Å². The van der Waals surface area contributed by atoms with Crippen LogP contribution in [0.5, 0.6) is 23.0 Å². The maximum atomic E-state index is 14.3. The van der Waals surface area contributed by atoms with Crippen LogP contribution >= 0.6 is 0 Å². The number of aliphatic hydroxyl groups excluding tert-OH is 1. The van der Waals surface area contributed by atoms with Crippen LogP contribution in [0.4, 0.5) is 26.7 Å². The fraction of sp³-hybridized carbons (Fsp3) is 0.452. The van der Waals surface area contributed by atoms with Crippen molar-refractivity contribution in [2.24, 2.45) is 16.6 Å². The van der Waals surface area contributed by atoms with E-state index in [2.05, 4.69) is 39.4 Å². The molecular weight excluding hydrogens is 1120 g/mol. The third kappa shape index (κ3) is 15.8. The van der Waals surface area contributed by atoms with Gasteiger partial charge in [-0.1, -0.05) is 56.7 Å². The summed E-state index contributed by atoms with van der Waals surface area (Å²) in [6.07, 6.45) is 6.38. The maximum Gasteiger partial charge on any atom is 0.416 e. The molecule has 0 unspecified atom stereocenters. The largest absolute Gasteiger partial charge is 0.493 e. The van der Waals surface area contributed by atoms with Crippen LogP contribution in [-0.4, -0.2) is 164 Å². The fourth-order valence-corrected chi connectivity index (χ4v) is 10.9. The van der Waals surface area contributed by atoms with Crippen LogP contribution in [0.3, 0.4) is 0 Å². The highest BCUT2D eigenvalue weighted by molar-refractivity contribution is 6.13. The van der Waals surface area contributed by atoms with E-state index < -0.39 is 54.2 Å². The Labute approximate surface area is 504 Å². The van der Waals surface area contributed by atoms with Crippen molar-refractivity contribution in [1.29, 1.82) is 0 Å². The van der Waals surface area contributed by atoms with Crippen molar-refractivity contribution in [2.45, 2.75) is 121 Å². The first kappa shape index (κ1) is 63.8. The zero-order valence-corrected chi connectivity index (χ0v) is 49.4. The molecule has 464 valence electrons. The third-order valence-electron chi connectivity index (χ3n) is 15.5. The van der Waals surface area contributed by atoms with Crippen molar-refractivity contribution < 1.29 is 71.9 Å². The Morgan fingerprint density at radius 1 is 0.747 bits per heavy atom. The lowest BCUT2D eigenvalue weighted by Gasteiger charge is -2.31. The summed E-state index contributed by atoms with van der Waals surface area (Å²) in [7, 11) is 2.94. The van der Waals surface area contributed by atoms with Crippen molar-refractivity contribution >= 4 is 76.8 Å². The molecule has 25 nitrogen and oxygen atoms in total. The summed E-state index contributed by atoms with van der Waals surface area (Å²) < 4.78 is 29.5. The summed E-state index contributed by atoms with van der Waals surface area (Å²) in [6, 6.07) is 8.79. The number of amides is 10. The predicted molar refractivity (Wildman–Crippen MR) is 320 cm³/mol. The van der Waals surface area contributed by atoms with Crippen molar-refractivity contribution in [3.63, 3.8) is 0 Å². The van der Waals surface area contributed by atoms with Crippen LogP contribution in [0.15, 0.2) is 90.0 Å². The Hall–Kier alpha value is -9.26. The molecule has 10 amide bonds. The molecule has 5 aliphatic rings. The number of nitrogens with zero attached hydrogens (tertiary/aromatic N) is 5. The van der Waals surface area contributed by atoms with Crippen LogP contribution < -0.4 is 50.8 Å². The van der Waals surface area contributed by atoms with Crippen LogP contribution in [0.25, 0.3) is 0 Å². The average Bonchev–Trinajstić information content (AvgIpc) is 1.70. The van der Waals surface area contributed by atoms with Gasteiger partial charge in [-0.05, 0) is 93.5 Å². The summed E-state index contributed by atoms with van der Waals surface area (Å²) in [5.74, 6) is -2.00. The predicted octanol–water partition coefficient (Wildman–Crippen LogP) is 5.56. The molecule has 2 fully saturated rings. The number of hydrogen-bond donors (Lipinski definition) is 6. The molecule has 7 N–H and O–H groups in total. The van der Waals surface area contributed by atoms with Gasteiger partial charge in [0.25, 0.3) is 23.6 Å². The molecule has 87 heavy (non-hydrogen) atoms. The minimum absolute atomic E-state index is 0.0401. The third-order valence-corrected chi connectivity index (χ3v) is 15.5. The molecule has 3 aromatic carbocycles. The zero-order valence-electron chi connectivity index (χ0n) is 49.4. The van der Waals surface area contributed by atoms with E-state index in [1.54, 1.807) is 61.4 Å². The number of aliphatic hydroxyl groups is 1. The number of nitrogens with two attached hydrogens (primary N) is 1. The number of anilines is 2. The van der Waals surface area contributed by atoms with Gasteiger partial charge < -0.3 is 65.6 Å². The second kappa shape index (κ2) is 29.2. The van der Waals surface area contributed by atoms with Gasteiger partial charge in [-0.15, -0.1) is 0 Å². The molecule has 0 aromatic heterocycles. The van der Waals surface area contributed by atoms with Gasteiger partial charge in [-0.2, -0.15) is 0 Å². The monoisotopic (exact) mass is 1200 g/mol. The SMILES string of the molecule is C=C1C[C@H]2C=Nc3cc(OCCCCCOc4cc5c(cc4OC)C(=O)N4CC(=C)C[C@H]4[C@H](O)N5C(=O)OCc4ccc(NC(=O)[C@H](CCCNC(N)=O)NC(=O)[C@@H](NC(=O)CCCCCN5C(=O)C=CC5=O)C(C)C)cc4)c(OC)cc3C(=O)N2C1. The highest BCUT2D eigenvalue weighted by atomic mass is 16.6. The second-order valence-corrected chi connectivity index (χ2v) is 22.3. The molecule has 0 spiro atoms. The van der Waals surface area contributed by atoms with Gasteiger partial charge in [0.1, 0.15) is 18.7 Å². The topological polar surface area (TPSA) is 319 Å². The fourth-order valence-electron chi connectivity index (χ4n) is 10.9. The number of ether oxygens (including phenoxy) is 5. The van der Waals surface area contributed by atoms with E-state index in [-0.39, 0.29) is 117 Å². The normalized spacial score (nSPS) is 18.3. The molecule has 5 atom stereocenters. The molecule has 0 aliphatic carbocycles. The lowest BCUT2D eigenvalue weighted by Crippen LogP contribution is -2.54. The smallest absolute Gasteiger partial charge is 0.416 e. The van der Waals surface area contributed by atoms with E-state index in [0.29, 0.717) is 97.7 Å². The number of nitrogens with one attached hydrogen (secondary N) is 4. The van der Waals surface area contributed by atoms with E-state index in [4.69, 9.17) is 29.4 Å². The number of carbonyl (C=O) groups is 9. The molecule has 0 radical (unpaired) electrons. The van der Waals surface area contributed by atoms with Gasteiger partial charge in [0.2, 0.25) is 17.7 Å². The minimum Gasteiger partial charge on any atom is -0.493 e. The van der Waals surface area contributed by atoms with Crippen LogP contribution in [0.1, 0.15) is 111 Å². The summed E-state index contributed by atoms with van der Waals surface area (Å²) in [5.41, 5.74) is 8.76. The molecule has 5 heterocycles. The van der Waals surface area contributed by atoms with Crippen molar-refractivity contribution in [3.05, 3.63) is 102 Å². The highest BCUT2D eigenvalue weighted by Gasteiger charge is 2.46. The molecule has 0 bridgehead atoms. The summed E-state index contributed by atoms with van der Waals surface area (Å²) >= 11 is 0. The van der Waals surface area contributed by atoms with E-state index in [0.717, 1.165) is 15.4 Å². The first-order valence-electron chi connectivity index (χ1n) is 29.1. The Balaban J connectivity index is 0.864. The number of rotatable bonds is 28. The number of carbonyl (C=O) groups excluding carboxylic acids is 9. The lowest BCUT2D eigenvalue weighted by molar-refractivity contribution is -0.137. The molecule has 25 heteroatoms. The van der Waals surface area contributed by atoms with Crippen molar-refractivity contribution in [3.8, 4) is 23.0 Å². The van der Waals surface area contributed by atoms with Gasteiger partial charge in [-0.25, -0.2) is 14.5 Å². The van der Waals surface area contributed by atoms with Crippen molar-refractivity contribution in [1.82, 2.24) is 30.7 Å². The number of benzene rings is 3. The Kier molecular flexibility index (Phi) is 21.4. The number of aliphatic imine (C=N–C) groups is 1. The average molecular weight is 1200 g/mol. The minimum atomic E-state index is -1.56. The number of urea groups is 1. The standard InChI is InChI=1S/C62H76N10O15/c1-36(2)55(68-52(73)15-9-7-10-23-69-53(74)20-21-54(69)75)57(77)67-44(14-13-22-64-61(63)81)56(76)66-40-18-16-39(17-19-40)35-87-62(82)72-46-31-51(49(84-6)29-43(46)59(79)71-34-38(4)27-47(71)60(72)80)86-25-12-8-11-24-85-50-30-45-42(28-48(50)83-5)58(78)70-33-37(3)26-41(70)32-65-45/h16-21,28-32,36,41,44,47,55,60,80H,3-4,7-15,22-27,33-35H2,1-2,5-6H3,(H,66,76)(H,67,77)(H,68,73)(H3,63,64,81)/t41-,44-,47-,55-,60-/m0/s1. The van der Waals surface area contributed by atoms with Crippen molar-refractivity contribution in [2.75, 3.05) is 63.8 Å². The number of primary amides is 1. The van der Waals surface area contributed by atoms with Gasteiger partial charge in [0.05, 0.1) is 62.0 Å². The van der Waals surface area contributed by atoms with E-state index in [9.17, 15) is 48.3 Å². The number of hydrogen-bond acceptors (Lipinski definition) is 16. The Bertz CT molecular complexity index is 3200. The molecule has 2 saturated heterocycles. The van der Waals surface area contributed by atoms with Crippen LogP contribution in [0.2, 0.25) is 0 Å². The maximum absolute atomic E-state index is 14.3. The second-order valence-electron chi connectivity index (χ2n) is 22.3. The van der Waals surface area contributed by atoms with E-state index >= 15 is 0 Å². The summed E-state index contributed by atoms with van der Waals surface area (Å²) in [6.45, 7) is 12.8. The van der Waals surface area contributed by atoms with Gasteiger partial charge >= 0.3 is 12.1 Å². The number of fused-ring (bicyclic) bond motifs is 4. The number of methoxy groups -OCH3 is 2. The first-order valence-corrected chi connectivity index (χ1v) is 29.1.